The standard InChI is InChI=1S/C26H23ClN4O2.ClH/c27-19-10-11-22-21(14-19)23(17-6-2-1-3-7-17)24(26(33)30-22)31-13-5-8-18(16-31)25(32)29-20-9-4-12-28-15-20;/h1-4,6-7,9-12,14-15,18H,5,8,13,16H2,(H,29,32)(H,30,33);1H. The van der Waals surface area contributed by atoms with E-state index < -0.39 is 0 Å². The van der Waals surface area contributed by atoms with E-state index in [-0.39, 0.29) is 29.8 Å². The highest BCUT2D eigenvalue weighted by atomic mass is 35.5. The van der Waals surface area contributed by atoms with Crippen molar-refractivity contribution >= 4 is 52.2 Å². The van der Waals surface area contributed by atoms with E-state index in [1.54, 1.807) is 24.5 Å². The average molecular weight is 495 g/mol. The van der Waals surface area contributed by atoms with Crippen molar-refractivity contribution in [2.75, 3.05) is 23.3 Å². The Balaban J connectivity index is 0.00000274. The fourth-order valence-corrected chi connectivity index (χ4v) is 4.70. The lowest BCUT2D eigenvalue weighted by atomic mass is 9.94. The van der Waals surface area contributed by atoms with Crippen molar-refractivity contribution in [3.05, 3.63) is 88.4 Å². The number of anilines is 2. The predicted molar refractivity (Wildman–Crippen MR) is 140 cm³/mol. The molecule has 1 aliphatic heterocycles. The van der Waals surface area contributed by atoms with Gasteiger partial charge in [0.1, 0.15) is 5.69 Å². The Morgan fingerprint density at radius 2 is 1.94 bits per heavy atom. The summed E-state index contributed by atoms with van der Waals surface area (Å²) in [7, 11) is 0. The minimum atomic E-state index is -0.239. The van der Waals surface area contributed by atoms with Crippen LogP contribution in [0.15, 0.2) is 77.9 Å². The van der Waals surface area contributed by atoms with Crippen molar-refractivity contribution in [1.82, 2.24) is 9.97 Å². The molecule has 1 amide bonds. The van der Waals surface area contributed by atoms with Gasteiger partial charge >= 0.3 is 0 Å². The molecule has 1 saturated heterocycles. The molecule has 1 atom stereocenters. The summed E-state index contributed by atoms with van der Waals surface area (Å²) in [6.45, 7) is 1.16. The van der Waals surface area contributed by atoms with Crippen LogP contribution in [0.25, 0.3) is 22.0 Å². The summed E-state index contributed by atoms with van der Waals surface area (Å²) in [5, 5.41) is 4.43. The Bertz CT molecular complexity index is 1360. The van der Waals surface area contributed by atoms with Gasteiger partial charge in [-0.1, -0.05) is 41.9 Å². The van der Waals surface area contributed by atoms with E-state index in [9.17, 15) is 9.59 Å². The third-order valence-corrected chi connectivity index (χ3v) is 6.29. The second-order valence-corrected chi connectivity index (χ2v) is 8.69. The molecule has 0 aliphatic carbocycles. The fourth-order valence-electron chi connectivity index (χ4n) is 4.53. The molecule has 8 heteroatoms. The molecule has 0 radical (unpaired) electrons. The summed E-state index contributed by atoms with van der Waals surface area (Å²) in [4.78, 5) is 35.4. The van der Waals surface area contributed by atoms with Crippen LogP contribution in [0.4, 0.5) is 11.4 Å². The highest BCUT2D eigenvalue weighted by Gasteiger charge is 2.29. The molecule has 1 fully saturated rings. The number of nitrogens with zero attached hydrogens (tertiary/aromatic N) is 2. The van der Waals surface area contributed by atoms with Gasteiger partial charge in [0.15, 0.2) is 0 Å². The summed E-state index contributed by atoms with van der Waals surface area (Å²) in [5.41, 5.74) is 3.59. The summed E-state index contributed by atoms with van der Waals surface area (Å²) in [6, 6.07) is 18.9. The van der Waals surface area contributed by atoms with Crippen LogP contribution in [-0.2, 0) is 4.79 Å². The number of fused-ring (bicyclic) bond motifs is 1. The second kappa shape index (κ2) is 10.3. The highest BCUT2D eigenvalue weighted by molar-refractivity contribution is 6.31. The van der Waals surface area contributed by atoms with Gasteiger partial charge in [0.05, 0.1) is 17.8 Å². The molecule has 2 aromatic carbocycles. The van der Waals surface area contributed by atoms with E-state index in [0.717, 1.165) is 34.9 Å². The number of carbonyl (C=O) groups excluding carboxylic acids is 1. The summed E-state index contributed by atoms with van der Waals surface area (Å²) < 4.78 is 0. The van der Waals surface area contributed by atoms with Crippen molar-refractivity contribution in [1.29, 1.82) is 0 Å². The molecule has 1 unspecified atom stereocenters. The first-order valence-corrected chi connectivity index (χ1v) is 11.3. The molecule has 5 rings (SSSR count). The number of pyridine rings is 2. The van der Waals surface area contributed by atoms with Gasteiger partial charge in [0, 0.05) is 40.8 Å². The molecule has 0 bridgehead atoms. The van der Waals surface area contributed by atoms with Gasteiger partial charge in [-0.05, 0) is 48.7 Å². The maximum absolute atomic E-state index is 13.3. The molecule has 34 heavy (non-hydrogen) atoms. The smallest absolute Gasteiger partial charge is 0.272 e. The van der Waals surface area contributed by atoms with Crippen LogP contribution in [0.2, 0.25) is 5.02 Å². The number of benzene rings is 2. The van der Waals surface area contributed by atoms with E-state index in [0.29, 0.717) is 29.5 Å². The van der Waals surface area contributed by atoms with Crippen LogP contribution in [0, 0.1) is 5.92 Å². The third-order valence-electron chi connectivity index (χ3n) is 6.05. The molecule has 3 heterocycles. The van der Waals surface area contributed by atoms with Crippen molar-refractivity contribution in [2.45, 2.75) is 12.8 Å². The topological polar surface area (TPSA) is 78.1 Å². The number of aromatic amines is 1. The molecule has 1 aliphatic rings. The number of amides is 1. The van der Waals surface area contributed by atoms with E-state index in [4.69, 9.17) is 11.6 Å². The molecular formula is C26H24Cl2N4O2. The van der Waals surface area contributed by atoms with E-state index in [2.05, 4.69) is 15.3 Å². The van der Waals surface area contributed by atoms with Crippen LogP contribution in [0.3, 0.4) is 0 Å². The number of carbonyl (C=O) groups is 1. The number of piperidine rings is 1. The van der Waals surface area contributed by atoms with Gasteiger partial charge < -0.3 is 15.2 Å². The molecular weight excluding hydrogens is 471 g/mol. The Hall–Kier alpha value is -3.35. The van der Waals surface area contributed by atoms with Crippen molar-refractivity contribution in [3.63, 3.8) is 0 Å². The minimum absolute atomic E-state index is 0. The normalized spacial score (nSPS) is 15.6. The van der Waals surface area contributed by atoms with Gasteiger partial charge in [-0.3, -0.25) is 14.6 Å². The fraction of sp³-hybridized carbons (Fsp3) is 0.192. The zero-order chi connectivity index (χ0) is 22.8. The molecule has 0 spiro atoms. The van der Waals surface area contributed by atoms with Crippen LogP contribution >= 0.6 is 24.0 Å². The van der Waals surface area contributed by atoms with Gasteiger partial charge in [-0.25, -0.2) is 0 Å². The Labute approximate surface area is 208 Å². The number of hydrogen-bond acceptors (Lipinski definition) is 4. The predicted octanol–water partition coefficient (Wildman–Crippen LogP) is 5.52. The van der Waals surface area contributed by atoms with Crippen molar-refractivity contribution in [3.8, 4) is 11.1 Å². The number of aromatic nitrogens is 2. The zero-order valence-electron chi connectivity index (χ0n) is 18.3. The lowest BCUT2D eigenvalue weighted by Gasteiger charge is -2.34. The number of nitrogens with one attached hydrogen (secondary N) is 2. The number of hydrogen-bond donors (Lipinski definition) is 2. The lowest BCUT2D eigenvalue weighted by Crippen LogP contribution is -2.43. The van der Waals surface area contributed by atoms with Crippen LogP contribution in [-0.4, -0.2) is 29.0 Å². The first-order valence-electron chi connectivity index (χ1n) is 11.0. The molecule has 174 valence electrons. The molecule has 0 saturated carbocycles. The Morgan fingerprint density at radius 3 is 2.71 bits per heavy atom. The molecule has 6 nitrogen and oxygen atoms in total. The molecule has 2 aromatic heterocycles. The second-order valence-electron chi connectivity index (χ2n) is 8.25. The van der Waals surface area contributed by atoms with Crippen LogP contribution in [0.1, 0.15) is 12.8 Å². The third kappa shape index (κ3) is 4.79. The minimum Gasteiger partial charge on any atom is -0.366 e. The first-order chi connectivity index (χ1) is 16.1. The summed E-state index contributed by atoms with van der Waals surface area (Å²) in [5.74, 6) is -0.300. The summed E-state index contributed by atoms with van der Waals surface area (Å²) in [6.07, 6.45) is 4.87. The number of halogens is 2. The summed E-state index contributed by atoms with van der Waals surface area (Å²) >= 11 is 6.33. The quantitative estimate of drug-likeness (QED) is 0.391. The van der Waals surface area contributed by atoms with E-state index in [1.165, 1.54) is 0 Å². The van der Waals surface area contributed by atoms with Gasteiger partial charge in [-0.2, -0.15) is 0 Å². The number of rotatable bonds is 4. The van der Waals surface area contributed by atoms with Gasteiger partial charge in [0.2, 0.25) is 5.91 Å². The van der Waals surface area contributed by atoms with Gasteiger partial charge in [0.25, 0.3) is 5.56 Å². The average Bonchev–Trinajstić information content (AvgIpc) is 2.85. The van der Waals surface area contributed by atoms with Crippen molar-refractivity contribution < 1.29 is 4.79 Å². The van der Waals surface area contributed by atoms with Crippen LogP contribution in [0.5, 0.6) is 0 Å². The largest absolute Gasteiger partial charge is 0.366 e. The van der Waals surface area contributed by atoms with E-state index in [1.807, 2.05) is 53.4 Å². The van der Waals surface area contributed by atoms with Crippen LogP contribution < -0.4 is 15.8 Å². The maximum Gasteiger partial charge on any atom is 0.272 e. The number of H-pyrrole nitrogens is 1. The molecule has 2 N–H and O–H groups in total. The lowest BCUT2D eigenvalue weighted by molar-refractivity contribution is -0.120. The monoisotopic (exact) mass is 494 g/mol. The highest BCUT2D eigenvalue weighted by Crippen LogP contribution is 2.37. The Morgan fingerprint density at radius 1 is 1.12 bits per heavy atom. The SMILES string of the molecule is Cl.O=C(Nc1cccnc1)C1CCCN(c2c(-c3ccccc3)c3cc(Cl)ccc3[nH]c2=O)C1. The maximum atomic E-state index is 13.3. The van der Waals surface area contributed by atoms with Crippen molar-refractivity contribution in [2.24, 2.45) is 5.92 Å². The zero-order valence-corrected chi connectivity index (χ0v) is 19.9. The Kier molecular flexibility index (Phi) is 7.20. The van der Waals surface area contributed by atoms with E-state index >= 15 is 0 Å². The first kappa shape index (κ1) is 23.8. The molecule has 4 aromatic rings. The van der Waals surface area contributed by atoms with Gasteiger partial charge in [-0.15, -0.1) is 12.4 Å².